The number of anilines is 1. The summed E-state index contributed by atoms with van der Waals surface area (Å²) in [5.41, 5.74) is 1.45. The van der Waals surface area contributed by atoms with Crippen molar-refractivity contribution in [2.24, 2.45) is 0 Å². The van der Waals surface area contributed by atoms with Crippen LogP contribution in [0.5, 0.6) is 0 Å². The lowest BCUT2D eigenvalue weighted by Gasteiger charge is -2.10. The minimum absolute atomic E-state index is 0.174. The highest BCUT2D eigenvalue weighted by Crippen LogP contribution is 2.07. The number of hydrogen-bond acceptors (Lipinski definition) is 4. The maximum atomic E-state index is 12.2. The molecule has 21 heavy (non-hydrogen) atoms. The highest BCUT2D eigenvalue weighted by molar-refractivity contribution is 5.37. The Morgan fingerprint density at radius 1 is 1.29 bits per heavy atom. The molecule has 0 spiro atoms. The Morgan fingerprint density at radius 2 is 2.05 bits per heavy atom. The zero-order valence-electron chi connectivity index (χ0n) is 12.6. The van der Waals surface area contributed by atoms with E-state index in [1.807, 2.05) is 12.1 Å². The molecule has 6 heteroatoms. The third kappa shape index (κ3) is 3.39. The Morgan fingerprint density at radius 3 is 2.76 bits per heavy atom. The second-order valence-corrected chi connectivity index (χ2v) is 5.06. The van der Waals surface area contributed by atoms with E-state index in [1.165, 1.54) is 4.68 Å². The van der Waals surface area contributed by atoms with Gasteiger partial charge in [0.2, 0.25) is 0 Å². The molecule has 0 unspecified atom stereocenters. The molecule has 0 saturated heterocycles. The van der Waals surface area contributed by atoms with Crippen LogP contribution in [0, 0.1) is 13.8 Å². The molecule has 0 atom stereocenters. The summed E-state index contributed by atoms with van der Waals surface area (Å²) in [6.07, 6.45) is 2.70. The smallest absolute Gasteiger partial charge is 0.268 e. The summed E-state index contributed by atoms with van der Waals surface area (Å²) in [7, 11) is 0. The number of pyridine rings is 1. The van der Waals surface area contributed by atoms with Gasteiger partial charge in [-0.3, -0.25) is 14.7 Å². The Hall–Kier alpha value is -2.37. The highest BCUT2D eigenvalue weighted by atomic mass is 16.2. The van der Waals surface area contributed by atoms with Crippen molar-refractivity contribution in [1.82, 2.24) is 14.8 Å². The molecule has 2 N–H and O–H groups in total. The molecule has 0 amide bonds. The standard InChI is InChI=1S/C15H20N4O2/c1-4-6-16-13-8-12(5-7-17-13)9-19-15(21)11(3)10(2)14(20)18-19/h5,7-8H,4,6,9H2,1-3H3,(H,16,17)(H,18,20). The Kier molecular flexibility index (Phi) is 4.57. The Balaban J connectivity index is 2.31. The number of nitrogens with zero attached hydrogens (tertiary/aromatic N) is 2. The normalized spacial score (nSPS) is 10.6. The number of nitrogens with one attached hydrogen (secondary N) is 2. The van der Waals surface area contributed by atoms with E-state index in [0.29, 0.717) is 17.7 Å². The van der Waals surface area contributed by atoms with E-state index in [4.69, 9.17) is 0 Å². The van der Waals surface area contributed by atoms with Crippen molar-refractivity contribution in [3.05, 3.63) is 55.7 Å². The van der Waals surface area contributed by atoms with Gasteiger partial charge < -0.3 is 5.32 Å². The molecule has 0 aromatic carbocycles. The SMILES string of the molecule is CCCNc1cc(Cn2[nH]c(=O)c(C)c(C)c2=O)ccn1. The first-order chi connectivity index (χ1) is 10.0. The van der Waals surface area contributed by atoms with Gasteiger partial charge in [-0.25, -0.2) is 9.67 Å². The summed E-state index contributed by atoms with van der Waals surface area (Å²) in [5.74, 6) is 0.772. The van der Waals surface area contributed by atoms with Crippen LogP contribution in [-0.4, -0.2) is 21.3 Å². The Bertz CT molecular complexity index is 746. The van der Waals surface area contributed by atoms with Crippen LogP contribution in [0.1, 0.15) is 30.0 Å². The third-order valence-electron chi connectivity index (χ3n) is 3.43. The van der Waals surface area contributed by atoms with Crippen molar-refractivity contribution in [3.63, 3.8) is 0 Å². The lowest BCUT2D eigenvalue weighted by atomic mass is 10.2. The molecule has 0 saturated carbocycles. The van der Waals surface area contributed by atoms with Crippen LogP contribution in [0.4, 0.5) is 5.82 Å². The van der Waals surface area contributed by atoms with Crippen molar-refractivity contribution >= 4 is 5.82 Å². The predicted octanol–water partition coefficient (Wildman–Crippen LogP) is 1.42. The van der Waals surface area contributed by atoms with E-state index in [2.05, 4.69) is 22.3 Å². The van der Waals surface area contributed by atoms with Gasteiger partial charge in [0.15, 0.2) is 0 Å². The van der Waals surface area contributed by atoms with Crippen LogP contribution in [0.15, 0.2) is 27.9 Å². The molecule has 6 nitrogen and oxygen atoms in total. The van der Waals surface area contributed by atoms with Crippen LogP contribution in [0.2, 0.25) is 0 Å². The largest absolute Gasteiger partial charge is 0.370 e. The fraction of sp³-hybridized carbons (Fsp3) is 0.400. The van der Waals surface area contributed by atoms with Gasteiger partial charge in [-0.15, -0.1) is 0 Å². The van der Waals surface area contributed by atoms with Crippen LogP contribution < -0.4 is 16.4 Å². The fourth-order valence-electron chi connectivity index (χ4n) is 2.01. The molecule has 2 heterocycles. The summed E-state index contributed by atoms with van der Waals surface area (Å²) >= 11 is 0. The number of aromatic amines is 1. The van der Waals surface area contributed by atoms with Crippen molar-refractivity contribution in [3.8, 4) is 0 Å². The van der Waals surface area contributed by atoms with E-state index in [1.54, 1.807) is 20.0 Å². The van der Waals surface area contributed by atoms with E-state index in [0.717, 1.165) is 24.3 Å². The second kappa shape index (κ2) is 6.39. The quantitative estimate of drug-likeness (QED) is 0.872. The maximum Gasteiger partial charge on any atom is 0.268 e. The molecule has 2 aromatic heterocycles. The first-order valence-corrected chi connectivity index (χ1v) is 7.02. The zero-order chi connectivity index (χ0) is 15.4. The minimum Gasteiger partial charge on any atom is -0.370 e. The summed E-state index contributed by atoms with van der Waals surface area (Å²) in [4.78, 5) is 28.2. The summed E-state index contributed by atoms with van der Waals surface area (Å²) in [5, 5.41) is 5.80. The van der Waals surface area contributed by atoms with Crippen molar-refractivity contribution in [2.45, 2.75) is 33.7 Å². The molecule has 0 aliphatic rings. The van der Waals surface area contributed by atoms with Crippen LogP contribution in [0.25, 0.3) is 0 Å². The Labute approximate surface area is 122 Å². The van der Waals surface area contributed by atoms with Crippen molar-refractivity contribution < 1.29 is 0 Å². The molecule has 112 valence electrons. The highest BCUT2D eigenvalue weighted by Gasteiger charge is 2.08. The monoisotopic (exact) mass is 288 g/mol. The number of hydrogen-bond donors (Lipinski definition) is 2. The minimum atomic E-state index is -0.231. The lowest BCUT2D eigenvalue weighted by Crippen LogP contribution is -2.33. The molecular weight excluding hydrogens is 268 g/mol. The molecule has 0 radical (unpaired) electrons. The summed E-state index contributed by atoms with van der Waals surface area (Å²) < 4.78 is 1.34. The summed E-state index contributed by atoms with van der Waals surface area (Å²) in [6.45, 7) is 6.56. The van der Waals surface area contributed by atoms with Crippen molar-refractivity contribution in [2.75, 3.05) is 11.9 Å². The second-order valence-electron chi connectivity index (χ2n) is 5.06. The first-order valence-electron chi connectivity index (χ1n) is 7.02. The van der Waals surface area contributed by atoms with Gasteiger partial charge in [-0.05, 0) is 38.0 Å². The van der Waals surface area contributed by atoms with E-state index in [9.17, 15) is 9.59 Å². The van der Waals surface area contributed by atoms with Gasteiger partial charge >= 0.3 is 0 Å². The van der Waals surface area contributed by atoms with Crippen LogP contribution >= 0.6 is 0 Å². The molecule has 2 rings (SSSR count). The lowest BCUT2D eigenvalue weighted by molar-refractivity contribution is 0.618. The van der Waals surface area contributed by atoms with E-state index in [-0.39, 0.29) is 11.1 Å². The predicted molar refractivity (Wildman–Crippen MR) is 82.9 cm³/mol. The fourth-order valence-corrected chi connectivity index (χ4v) is 2.01. The van der Waals surface area contributed by atoms with E-state index >= 15 is 0 Å². The number of rotatable bonds is 5. The molecule has 0 fully saturated rings. The van der Waals surface area contributed by atoms with Gasteiger partial charge in [0, 0.05) is 23.9 Å². The van der Waals surface area contributed by atoms with Crippen LogP contribution in [0.3, 0.4) is 0 Å². The third-order valence-corrected chi connectivity index (χ3v) is 3.43. The van der Waals surface area contributed by atoms with Crippen LogP contribution in [-0.2, 0) is 6.54 Å². The number of H-pyrrole nitrogens is 1. The maximum absolute atomic E-state index is 12.2. The van der Waals surface area contributed by atoms with Gasteiger partial charge in [-0.1, -0.05) is 6.92 Å². The van der Waals surface area contributed by atoms with Crippen molar-refractivity contribution in [1.29, 1.82) is 0 Å². The van der Waals surface area contributed by atoms with Gasteiger partial charge in [0.1, 0.15) is 5.82 Å². The first kappa shape index (κ1) is 15.0. The van der Waals surface area contributed by atoms with Gasteiger partial charge in [0.05, 0.1) is 6.54 Å². The van der Waals surface area contributed by atoms with Gasteiger partial charge in [0.25, 0.3) is 11.1 Å². The molecule has 0 aliphatic carbocycles. The molecule has 0 aliphatic heterocycles. The molecular formula is C15H20N4O2. The topological polar surface area (TPSA) is 79.8 Å². The van der Waals surface area contributed by atoms with E-state index < -0.39 is 0 Å². The number of aromatic nitrogens is 3. The van der Waals surface area contributed by atoms with Gasteiger partial charge in [-0.2, -0.15) is 0 Å². The summed E-state index contributed by atoms with van der Waals surface area (Å²) in [6, 6.07) is 3.71. The average Bonchev–Trinajstić information content (AvgIpc) is 2.49. The molecule has 2 aromatic rings. The zero-order valence-corrected chi connectivity index (χ0v) is 12.6. The molecule has 0 bridgehead atoms. The average molecular weight is 288 g/mol.